The van der Waals surface area contributed by atoms with Crippen LogP contribution in [0.2, 0.25) is 5.15 Å². The van der Waals surface area contributed by atoms with Gasteiger partial charge < -0.3 is 0 Å². The lowest BCUT2D eigenvalue weighted by molar-refractivity contribution is 0.587. The Bertz CT molecular complexity index is 358. The Morgan fingerprint density at radius 3 is 2.46 bits per heavy atom. The second-order valence-electron chi connectivity index (χ2n) is 3.89. The van der Waals surface area contributed by atoms with E-state index < -0.39 is 0 Å². The fraction of sp³-hybridized carbons (Fsp3) is 0.400. The summed E-state index contributed by atoms with van der Waals surface area (Å²) in [6.45, 7) is 6.12. The van der Waals surface area contributed by atoms with Crippen molar-refractivity contribution >= 4 is 11.6 Å². The zero-order valence-corrected chi connectivity index (χ0v) is 8.68. The van der Waals surface area contributed by atoms with Crippen LogP contribution in [0.4, 0.5) is 0 Å². The Morgan fingerprint density at radius 2 is 2.08 bits per heavy atom. The third-order valence-corrected chi connectivity index (χ3v) is 2.11. The number of rotatable bonds is 0. The molecule has 0 saturated heterocycles. The maximum Gasteiger partial charge on any atom is 0.147 e. The number of nitrogens with zero attached hydrogens (tertiary/aromatic N) is 2. The molecule has 0 atom stereocenters. The molecule has 13 heavy (non-hydrogen) atoms. The van der Waals surface area contributed by atoms with E-state index in [-0.39, 0.29) is 10.6 Å². The highest BCUT2D eigenvalue weighted by atomic mass is 35.5. The van der Waals surface area contributed by atoms with Gasteiger partial charge in [-0.15, -0.1) is 0 Å². The van der Waals surface area contributed by atoms with E-state index in [1.165, 1.54) is 0 Å². The standard InChI is InChI=1S/C10H11ClN2/c1-10(2,3)8-4-5-13-9(11)7(8)6-12/h4-5H,1-3H3. The molecule has 1 rings (SSSR count). The van der Waals surface area contributed by atoms with Gasteiger partial charge in [0.1, 0.15) is 11.2 Å². The molecule has 0 amide bonds. The summed E-state index contributed by atoms with van der Waals surface area (Å²) in [5.41, 5.74) is 1.35. The van der Waals surface area contributed by atoms with Crippen LogP contribution in [-0.2, 0) is 5.41 Å². The number of pyridine rings is 1. The summed E-state index contributed by atoms with van der Waals surface area (Å²) in [6, 6.07) is 3.91. The predicted octanol–water partition coefficient (Wildman–Crippen LogP) is 2.90. The third-order valence-electron chi connectivity index (χ3n) is 1.82. The maximum absolute atomic E-state index is 8.89. The Kier molecular flexibility index (Phi) is 2.58. The van der Waals surface area contributed by atoms with E-state index >= 15 is 0 Å². The molecule has 0 spiro atoms. The van der Waals surface area contributed by atoms with Crippen LogP contribution in [0.25, 0.3) is 0 Å². The lowest BCUT2D eigenvalue weighted by Gasteiger charge is -2.20. The van der Waals surface area contributed by atoms with Crippen LogP contribution in [0.5, 0.6) is 0 Å². The zero-order chi connectivity index (χ0) is 10.1. The minimum Gasteiger partial charge on any atom is -0.243 e. The molecule has 1 aromatic heterocycles. The Morgan fingerprint density at radius 1 is 1.46 bits per heavy atom. The van der Waals surface area contributed by atoms with Crippen LogP contribution in [0.15, 0.2) is 12.3 Å². The molecule has 0 fully saturated rings. The summed E-state index contributed by atoms with van der Waals surface area (Å²) in [4.78, 5) is 3.87. The van der Waals surface area contributed by atoms with Gasteiger partial charge in [-0.05, 0) is 17.0 Å². The number of nitriles is 1. The lowest BCUT2D eigenvalue weighted by atomic mass is 9.85. The molecule has 1 aromatic rings. The molecule has 3 heteroatoms. The van der Waals surface area contributed by atoms with Crippen LogP contribution in [-0.4, -0.2) is 4.98 Å². The topological polar surface area (TPSA) is 36.7 Å². The minimum atomic E-state index is -0.0718. The molecule has 0 bridgehead atoms. The molecule has 0 aliphatic heterocycles. The molecule has 0 aromatic carbocycles. The van der Waals surface area contributed by atoms with Gasteiger partial charge in [0.25, 0.3) is 0 Å². The largest absolute Gasteiger partial charge is 0.243 e. The Balaban J connectivity index is 3.40. The van der Waals surface area contributed by atoms with E-state index in [9.17, 15) is 0 Å². The molecule has 68 valence electrons. The number of hydrogen-bond acceptors (Lipinski definition) is 2. The summed E-state index contributed by atoms with van der Waals surface area (Å²) in [5, 5.41) is 9.18. The van der Waals surface area contributed by atoms with Crippen molar-refractivity contribution in [1.82, 2.24) is 4.98 Å². The van der Waals surface area contributed by atoms with Crippen molar-refractivity contribution < 1.29 is 0 Å². The monoisotopic (exact) mass is 194 g/mol. The van der Waals surface area contributed by atoms with Gasteiger partial charge in [0.05, 0.1) is 5.56 Å². The molecular formula is C10H11ClN2. The van der Waals surface area contributed by atoms with Crippen molar-refractivity contribution in [1.29, 1.82) is 5.26 Å². The first kappa shape index (κ1) is 10.0. The molecular weight excluding hydrogens is 184 g/mol. The zero-order valence-electron chi connectivity index (χ0n) is 7.93. The molecule has 0 aliphatic carbocycles. The van der Waals surface area contributed by atoms with Crippen molar-refractivity contribution in [3.63, 3.8) is 0 Å². The molecule has 0 unspecified atom stereocenters. The van der Waals surface area contributed by atoms with E-state index in [1.807, 2.05) is 26.8 Å². The highest BCUT2D eigenvalue weighted by Crippen LogP contribution is 2.28. The van der Waals surface area contributed by atoms with Crippen LogP contribution >= 0.6 is 11.6 Å². The molecule has 1 heterocycles. The molecule has 0 aliphatic rings. The summed E-state index contributed by atoms with van der Waals surface area (Å²) < 4.78 is 0. The highest BCUT2D eigenvalue weighted by molar-refractivity contribution is 6.30. The second-order valence-corrected chi connectivity index (χ2v) is 4.24. The number of hydrogen-bond donors (Lipinski definition) is 0. The fourth-order valence-electron chi connectivity index (χ4n) is 1.17. The Hall–Kier alpha value is -1.07. The average Bonchev–Trinajstić information content (AvgIpc) is 2.02. The summed E-state index contributed by atoms with van der Waals surface area (Å²) in [5.74, 6) is 0. The summed E-state index contributed by atoms with van der Waals surface area (Å²) in [6.07, 6.45) is 1.63. The van der Waals surface area contributed by atoms with Gasteiger partial charge in [-0.25, -0.2) is 4.98 Å². The second kappa shape index (κ2) is 3.35. The first-order chi connectivity index (χ1) is 5.96. The van der Waals surface area contributed by atoms with Crippen molar-refractivity contribution in [3.8, 4) is 6.07 Å². The first-order valence-electron chi connectivity index (χ1n) is 4.02. The first-order valence-corrected chi connectivity index (χ1v) is 4.39. The average molecular weight is 195 g/mol. The van der Waals surface area contributed by atoms with Crippen molar-refractivity contribution in [2.45, 2.75) is 26.2 Å². The predicted molar refractivity (Wildman–Crippen MR) is 52.7 cm³/mol. The van der Waals surface area contributed by atoms with Crippen molar-refractivity contribution in [2.75, 3.05) is 0 Å². The van der Waals surface area contributed by atoms with Gasteiger partial charge >= 0.3 is 0 Å². The van der Waals surface area contributed by atoms with Crippen LogP contribution < -0.4 is 0 Å². The third kappa shape index (κ3) is 1.99. The van der Waals surface area contributed by atoms with E-state index in [0.717, 1.165) is 5.56 Å². The fourth-order valence-corrected chi connectivity index (χ4v) is 1.37. The van der Waals surface area contributed by atoms with Gasteiger partial charge in [-0.2, -0.15) is 5.26 Å². The Labute approximate surface area is 83.2 Å². The maximum atomic E-state index is 8.89. The lowest BCUT2D eigenvalue weighted by Crippen LogP contribution is -2.13. The van der Waals surface area contributed by atoms with Gasteiger partial charge in [-0.1, -0.05) is 32.4 Å². The summed E-state index contributed by atoms with van der Waals surface area (Å²) in [7, 11) is 0. The van der Waals surface area contributed by atoms with Gasteiger partial charge in [0.2, 0.25) is 0 Å². The SMILES string of the molecule is CC(C)(C)c1ccnc(Cl)c1C#N. The van der Waals surface area contributed by atoms with Gasteiger partial charge in [0, 0.05) is 6.20 Å². The van der Waals surface area contributed by atoms with Crippen LogP contribution in [0.1, 0.15) is 31.9 Å². The van der Waals surface area contributed by atoms with Crippen LogP contribution in [0.3, 0.4) is 0 Å². The molecule has 0 radical (unpaired) electrons. The van der Waals surface area contributed by atoms with E-state index in [1.54, 1.807) is 6.20 Å². The van der Waals surface area contributed by atoms with Crippen molar-refractivity contribution in [2.24, 2.45) is 0 Å². The van der Waals surface area contributed by atoms with E-state index in [2.05, 4.69) is 11.1 Å². The van der Waals surface area contributed by atoms with E-state index in [0.29, 0.717) is 5.56 Å². The van der Waals surface area contributed by atoms with Gasteiger partial charge in [0.15, 0.2) is 0 Å². The number of halogens is 1. The van der Waals surface area contributed by atoms with E-state index in [4.69, 9.17) is 16.9 Å². The minimum absolute atomic E-state index is 0.0718. The molecule has 0 N–H and O–H groups in total. The van der Waals surface area contributed by atoms with Crippen LogP contribution in [0, 0.1) is 11.3 Å². The summed E-state index contributed by atoms with van der Waals surface area (Å²) >= 11 is 5.80. The quantitative estimate of drug-likeness (QED) is 0.596. The highest BCUT2D eigenvalue weighted by Gasteiger charge is 2.19. The van der Waals surface area contributed by atoms with Gasteiger partial charge in [-0.3, -0.25) is 0 Å². The molecule has 2 nitrogen and oxygen atoms in total. The molecule has 0 saturated carbocycles. The normalized spacial score (nSPS) is 11.0. The van der Waals surface area contributed by atoms with Crippen molar-refractivity contribution in [3.05, 3.63) is 28.5 Å². The smallest absolute Gasteiger partial charge is 0.147 e. The number of aromatic nitrogens is 1.